The van der Waals surface area contributed by atoms with Crippen LogP contribution in [-0.2, 0) is 4.79 Å². The van der Waals surface area contributed by atoms with E-state index in [9.17, 15) is 14.0 Å². The van der Waals surface area contributed by atoms with Crippen molar-refractivity contribution in [3.63, 3.8) is 0 Å². The molecule has 0 spiro atoms. The number of piperazine rings is 1. The smallest absolute Gasteiger partial charge is 0.253 e. The highest BCUT2D eigenvalue weighted by molar-refractivity contribution is 5.94. The zero-order valence-corrected chi connectivity index (χ0v) is 16.2. The summed E-state index contributed by atoms with van der Waals surface area (Å²) in [4.78, 5) is 40.0. The quantitative estimate of drug-likeness (QED) is 0.790. The van der Waals surface area contributed by atoms with Gasteiger partial charge in [0.15, 0.2) is 0 Å². The topological polar surface area (TPSA) is 69.6 Å². The molecule has 29 heavy (non-hydrogen) atoms. The van der Waals surface area contributed by atoms with E-state index in [4.69, 9.17) is 0 Å². The van der Waals surface area contributed by atoms with Gasteiger partial charge in [-0.3, -0.25) is 9.59 Å². The van der Waals surface area contributed by atoms with Crippen LogP contribution in [0, 0.1) is 11.7 Å². The Labute approximate surface area is 169 Å². The number of benzene rings is 1. The Hall–Kier alpha value is -3.03. The fraction of sp³-hybridized carbons (Fsp3) is 0.429. The third kappa shape index (κ3) is 4.36. The number of nitrogens with zero attached hydrogens (tertiary/aromatic N) is 5. The van der Waals surface area contributed by atoms with E-state index in [2.05, 4.69) is 14.9 Å². The summed E-state index contributed by atoms with van der Waals surface area (Å²) in [6, 6.07) is 7.35. The van der Waals surface area contributed by atoms with Crippen molar-refractivity contribution in [3.8, 4) is 0 Å². The zero-order chi connectivity index (χ0) is 20.2. The van der Waals surface area contributed by atoms with Crippen molar-refractivity contribution in [3.05, 3.63) is 54.1 Å². The Balaban J connectivity index is 1.34. The van der Waals surface area contributed by atoms with Crippen molar-refractivity contribution in [1.82, 2.24) is 19.8 Å². The number of carbonyl (C=O) groups is 2. The van der Waals surface area contributed by atoms with Crippen LogP contribution in [0.25, 0.3) is 0 Å². The minimum Gasteiger partial charge on any atom is -0.339 e. The third-order valence-electron chi connectivity index (χ3n) is 5.58. The first-order valence-electron chi connectivity index (χ1n) is 9.97. The van der Waals surface area contributed by atoms with Gasteiger partial charge < -0.3 is 14.7 Å². The van der Waals surface area contributed by atoms with Gasteiger partial charge in [-0.2, -0.15) is 0 Å². The van der Waals surface area contributed by atoms with Crippen LogP contribution >= 0.6 is 0 Å². The molecule has 2 saturated heterocycles. The molecule has 2 aliphatic heterocycles. The lowest BCUT2D eigenvalue weighted by Gasteiger charge is -2.39. The van der Waals surface area contributed by atoms with Gasteiger partial charge in [-0.25, -0.2) is 14.4 Å². The summed E-state index contributed by atoms with van der Waals surface area (Å²) in [5.41, 5.74) is 0.455. The Morgan fingerprint density at radius 3 is 2.31 bits per heavy atom. The van der Waals surface area contributed by atoms with Gasteiger partial charge in [0.1, 0.15) is 5.82 Å². The molecule has 4 rings (SSSR count). The van der Waals surface area contributed by atoms with E-state index in [0.29, 0.717) is 50.8 Å². The first-order chi connectivity index (χ1) is 14.1. The number of amides is 2. The van der Waals surface area contributed by atoms with Crippen LogP contribution in [0.15, 0.2) is 42.7 Å². The molecular formula is C21H24FN5O2. The molecule has 0 saturated carbocycles. The standard InChI is InChI=1S/C21H24FN5O2/c22-18-6-4-16(5-7-18)19(28)27-10-1-3-17(15-27)20(29)25-11-13-26(14-12-25)21-23-8-2-9-24-21/h2,4-9,17H,1,3,10-15H2. The number of hydrogen-bond donors (Lipinski definition) is 0. The van der Waals surface area contributed by atoms with Gasteiger partial charge >= 0.3 is 0 Å². The second kappa shape index (κ2) is 8.55. The molecule has 1 aromatic heterocycles. The molecule has 152 valence electrons. The number of anilines is 1. The van der Waals surface area contributed by atoms with E-state index in [1.807, 2.05) is 4.90 Å². The number of halogens is 1. The number of piperidine rings is 1. The van der Waals surface area contributed by atoms with Crippen LogP contribution in [0.5, 0.6) is 0 Å². The van der Waals surface area contributed by atoms with Gasteiger partial charge in [0, 0.05) is 57.2 Å². The Kier molecular flexibility index (Phi) is 5.69. The molecule has 0 bridgehead atoms. The van der Waals surface area contributed by atoms with E-state index >= 15 is 0 Å². The predicted molar refractivity (Wildman–Crippen MR) is 106 cm³/mol. The number of aromatic nitrogens is 2. The minimum atomic E-state index is -0.367. The molecule has 2 amide bonds. The minimum absolute atomic E-state index is 0.107. The Morgan fingerprint density at radius 2 is 1.62 bits per heavy atom. The summed E-state index contributed by atoms with van der Waals surface area (Å²) in [6.45, 7) is 3.68. The lowest BCUT2D eigenvalue weighted by atomic mass is 9.95. The van der Waals surface area contributed by atoms with Crippen LogP contribution < -0.4 is 4.90 Å². The summed E-state index contributed by atoms with van der Waals surface area (Å²) >= 11 is 0. The second-order valence-corrected chi connectivity index (χ2v) is 7.46. The average Bonchev–Trinajstić information content (AvgIpc) is 2.79. The van der Waals surface area contributed by atoms with Crippen molar-refractivity contribution >= 4 is 17.8 Å². The van der Waals surface area contributed by atoms with Gasteiger partial charge in [0.25, 0.3) is 5.91 Å². The van der Waals surface area contributed by atoms with Crippen LogP contribution in [0.3, 0.4) is 0 Å². The first kappa shape index (κ1) is 19.3. The van der Waals surface area contributed by atoms with Crippen LogP contribution in [0.4, 0.5) is 10.3 Å². The number of carbonyl (C=O) groups excluding carboxylic acids is 2. The van der Waals surface area contributed by atoms with E-state index in [1.165, 1.54) is 24.3 Å². The summed E-state index contributed by atoms with van der Waals surface area (Å²) in [5.74, 6) is 0.0954. The zero-order valence-electron chi connectivity index (χ0n) is 16.2. The van der Waals surface area contributed by atoms with Gasteiger partial charge in [-0.1, -0.05) is 0 Å². The molecule has 0 radical (unpaired) electrons. The molecule has 2 aliphatic rings. The van der Waals surface area contributed by atoms with Crippen LogP contribution in [0.2, 0.25) is 0 Å². The van der Waals surface area contributed by atoms with Crippen LogP contribution in [0.1, 0.15) is 23.2 Å². The van der Waals surface area contributed by atoms with E-state index in [1.54, 1.807) is 23.4 Å². The molecule has 1 unspecified atom stereocenters. The number of likely N-dealkylation sites (tertiary alicyclic amines) is 1. The van der Waals surface area contributed by atoms with Crippen molar-refractivity contribution in [2.75, 3.05) is 44.2 Å². The largest absolute Gasteiger partial charge is 0.339 e. The summed E-state index contributed by atoms with van der Waals surface area (Å²) < 4.78 is 13.1. The van der Waals surface area contributed by atoms with E-state index in [0.717, 1.165) is 12.8 Å². The Morgan fingerprint density at radius 1 is 0.931 bits per heavy atom. The average molecular weight is 397 g/mol. The fourth-order valence-corrected chi connectivity index (χ4v) is 3.98. The maximum atomic E-state index is 13.1. The summed E-state index contributed by atoms with van der Waals surface area (Å²) in [6.07, 6.45) is 5.01. The predicted octanol–water partition coefficient (Wildman–Crippen LogP) is 1.82. The third-order valence-corrected chi connectivity index (χ3v) is 5.58. The summed E-state index contributed by atoms with van der Waals surface area (Å²) in [5, 5.41) is 0. The first-order valence-corrected chi connectivity index (χ1v) is 9.97. The lowest BCUT2D eigenvalue weighted by Crippen LogP contribution is -2.53. The Bertz CT molecular complexity index is 853. The molecule has 8 heteroatoms. The molecule has 0 N–H and O–H groups in total. The van der Waals surface area contributed by atoms with Crippen molar-refractivity contribution < 1.29 is 14.0 Å². The van der Waals surface area contributed by atoms with Gasteiger partial charge in [-0.05, 0) is 43.2 Å². The molecule has 1 atom stereocenters. The molecule has 2 aromatic rings. The normalized spacial score (nSPS) is 19.9. The van der Waals surface area contributed by atoms with E-state index < -0.39 is 0 Å². The fourth-order valence-electron chi connectivity index (χ4n) is 3.98. The molecule has 3 heterocycles. The van der Waals surface area contributed by atoms with Crippen molar-refractivity contribution in [1.29, 1.82) is 0 Å². The SMILES string of the molecule is O=C(c1ccc(F)cc1)N1CCCC(C(=O)N2CCN(c3ncccn3)CC2)C1. The molecular weight excluding hydrogens is 373 g/mol. The van der Waals surface area contributed by atoms with Gasteiger partial charge in [0.2, 0.25) is 11.9 Å². The number of rotatable bonds is 3. The maximum Gasteiger partial charge on any atom is 0.253 e. The molecule has 7 nitrogen and oxygen atoms in total. The van der Waals surface area contributed by atoms with Crippen molar-refractivity contribution in [2.24, 2.45) is 5.92 Å². The highest BCUT2D eigenvalue weighted by Gasteiger charge is 2.33. The molecule has 1 aromatic carbocycles. The van der Waals surface area contributed by atoms with Crippen LogP contribution in [-0.4, -0.2) is 70.9 Å². The number of hydrogen-bond acceptors (Lipinski definition) is 5. The monoisotopic (exact) mass is 397 g/mol. The lowest BCUT2D eigenvalue weighted by molar-refractivity contribution is -0.137. The van der Waals surface area contributed by atoms with E-state index in [-0.39, 0.29) is 23.5 Å². The second-order valence-electron chi connectivity index (χ2n) is 7.46. The summed E-state index contributed by atoms with van der Waals surface area (Å²) in [7, 11) is 0. The highest BCUT2D eigenvalue weighted by atomic mass is 19.1. The maximum absolute atomic E-state index is 13.1. The molecule has 0 aliphatic carbocycles. The van der Waals surface area contributed by atoms with Gasteiger partial charge in [0.05, 0.1) is 5.92 Å². The van der Waals surface area contributed by atoms with Gasteiger partial charge in [-0.15, -0.1) is 0 Å². The van der Waals surface area contributed by atoms with Crippen molar-refractivity contribution in [2.45, 2.75) is 12.8 Å². The molecule has 2 fully saturated rings. The highest BCUT2D eigenvalue weighted by Crippen LogP contribution is 2.22.